The largest absolute Gasteiger partial charge is 0.119 e. The first-order valence-corrected chi connectivity index (χ1v) is 4.79. The summed E-state index contributed by atoms with van der Waals surface area (Å²) in [5.74, 6) is 9.13. The Kier molecular flexibility index (Phi) is 7.62. The predicted molar refractivity (Wildman–Crippen MR) is 54.5 cm³/mol. The van der Waals surface area contributed by atoms with Crippen molar-refractivity contribution in [3.8, 4) is 24.2 Å². The van der Waals surface area contributed by atoms with Crippen molar-refractivity contribution in [2.75, 3.05) is 0 Å². The molecule has 0 aliphatic carbocycles. The van der Waals surface area contributed by atoms with Gasteiger partial charge >= 0.3 is 0 Å². The van der Waals surface area contributed by atoms with Crippen LogP contribution in [0.5, 0.6) is 0 Å². The molecule has 66 valence electrons. The molecule has 0 aromatic carbocycles. The number of terminal acetylenes is 1. The van der Waals surface area contributed by atoms with Crippen molar-refractivity contribution in [3.05, 3.63) is 0 Å². The van der Waals surface area contributed by atoms with Crippen LogP contribution < -0.4 is 0 Å². The minimum absolute atomic E-state index is 0.191. The Morgan fingerprint density at radius 2 is 2.00 bits per heavy atom. The van der Waals surface area contributed by atoms with Gasteiger partial charge in [0.15, 0.2) is 0 Å². The zero-order valence-corrected chi connectivity index (χ0v) is 8.19. The van der Waals surface area contributed by atoms with Gasteiger partial charge in [0.25, 0.3) is 0 Å². The highest BCUT2D eigenvalue weighted by atomic mass is 14.0. The lowest BCUT2D eigenvalue weighted by Crippen LogP contribution is -1.92. The number of hydrogen-bond donors (Lipinski definition) is 0. The van der Waals surface area contributed by atoms with Crippen molar-refractivity contribution in [1.82, 2.24) is 0 Å². The van der Waals surface area contributed by atoms with E-state index in [1.165, 1.54) is 12.8 Å². The molecule has 0 spiro atoms. The lowest BCUT2D eigenvalue weighted by molar-refractivity contribution is 0.668. The van der Waals surface area contributed by atoms with Crippen LogP contribution in [0.2, 0.25) is 0 Å². The molecule has 12 heavy (non-hydrogen) atoms. The molecule has 0 heteroatoms. The highest BCUT2D eigenvalue weighted by Gasteiger charge is 1.97. The Hall–Kier alpha value is -0.880. The maximum atomic E-state index is 5.34. The van der Waals surface area contributed by atoms with Gasteiger partial charge < -0.3 is 0 Å². The van der Waals surface area contributed by atoms with Gasteiger partial charge in [-0.25, -0.2) is 0 Å². The number of hydrogen-bond acceptors (Lipinski definition) is 0. The van der Waals surface area contributed by atoms with Gasteiger partial charge in [0.1, 0.15) is 0 Å². The summed E-state index contributed by atoms with van der Waals surface area (Å²) in [5, 5.41) is 0. The molecule has 1 atom stereocenters. The Balaban J connectivity index is 3.70. The molecule has 0 aromatic heterocycles. The number of rotatable bonds is 4. The van der Waals surface area contributed by atoms with Gasteiger partial charge in [-0.15, -0.1) is 12.3 Å². The molecular formula is C12H18. The van der Waals surface area contributed by atoms with Crippen LogP contribution in [0, 0.1) is 30.1 Å². The highest BCUT2D eigenvalue weighted by molar-refractivity contribution is 5.14. The Bertz CT molecular complexity index is 184. The predicted octanol–water partition coefficient (Wildman–Crippen LogP) is 3.23. The van der Waals surface area contributed by atoms with Crippen LogP contribution in [0.3, 0.4) is 0 Å². The summed E-state index contributed by atoms with van der Waals surface area (Å²) in [6.07, 6.45) is 10.9. The molecule has 0 bridgehead atoms. The van der Waals surface area contributed by atoms with Crippen molar-refractivity contribution in [2.45, 2.75) is 46.0 Å². The lowest BCUT2D eigenvalue weighted by Gasteiger charge is -1.99. The van der Waals surface area contributed by atoms with E-state index < -0.39 is 0 Å². The molecule has 0 N–H and O–H groups in total. The summed E-state index contributed by atoms with van der Waals surface area (Å²) in [5.41, 5.74) is 0. The van der Waals surface area contributed by atoms with E-state index >= 15 is 0 Å². The van der Waals surface area contributed by atoms with E-state index in [4.69, 9.17) is 6.42 Å². The van der Waals surface area contributed by atoms with Crippen LogP contribution in [0.25, 0.3) is 0 Å². The second-order valence-corrected chi connectivity index (χ2v) is 2.93. The van der Waals surface area contributed by atoms with E-state index in [1.54, 1.807) is 0 Å². The van der Waals surface area contributed by atoms with E-state index in [0.717, 1.165) is 19.3 Å². The molecule has 0 rings (SSSR count). The third-order valence-electron chi connectivity index (χ3n) is 1.70. The fourth-order valence-corrected chi connectivity index (χ4v) is 0.926. The SMILES string of the molecule is C#CC(C#CCCC)CCCC. The molecule has 1 unspecified atom stereocenters. The first-order valence-electron chi connectivity index (χ1n) is 4.79. The zero-order valence-electron chi connectivity index (χ0n) is 8.19. The molecule has 0 radical (unpaired) electrons. The third kappa shape index (κ3) is 5.87. The van der Waals surface area contributed by atoms with Crippen LogP contribution in [-0.2, 0) is 0 Å². The molecule has 0 heterocycles. The molecule has 0 fully saturated rings. The van der Waals surface area contributed by atoms with E-state index in [-0.39, 0.29) is 5.92 Å². The summed E-state index contributed by atoms with van der Waals surface area (Å²) in [6, 6.07) is 0. The van der Waals surface area contributed by atoms with Gasteiger partial charge in [-0.05, 0) is 12.8 Å². The lowest BCUT2D eigenvalue weighted by atomic mass is 10.0. The standard InChI is InChI=1S/C12H18/c1-4-7-9-11-12(6-3)10-8-5-2/h3,12H,4-5,7-8,10H2,1-2H3. The number of unbranched alkanes of at least 4 members (excludes halogenated alkanes) is 2. The smallest absolute Gasteiger partial charge is 0.0808 e. The Morgan fingerprint density at radius 3 is 2.50 bits per heavy atom. The van der Waals surface area contributed by atoms with Gasteiger partial charge in [0.2, 0.25) is 0 Å². The second-order valence-electron chi connectivity index (χ2n) is 2.93. The Morgan fingerprint density at radius 1 is 1.25 bits per heavy atom. The summed E-state index contributed by atoms with van der Waals surface area (Å²) in [7, 11) is 0. The summed E-state index contributed by atoms with van der Waals surface area (Å²) < 4.78 is 0. The van der Waals surface area contributed by atoms with Crippen molar-refractivity contribution >= 4 is 0 Å². The van der Waals surface area contributed by atoms with Gasteiger partial charge in [0, 0.05) is 6.42 Å². The van der Waals surface area contributed by atoms with Crippen molar-refractivity contribution < 1.29 is 0 Å². The molecule has 0 saturated carbocycles. The molecule has 0 aliphatic heterocycles. The average Bonchev–Trinajstić information content (AvgIpc) is 2.11. The summed E-state index contributed by atoms with van der Waals surface area (Å²) in [6.45, 7) is 4.30. The van der Waals surface area contributed by atoms with Gasteiger partial charge in [-0.2, -0.15) is 0 Å². The van der Waals surface area contributed by atoms with Crippen molar-refractivity contribution in [3.63, 3.8) is 0 Å². The minimum Gasteiger partial charge on any atom is -0.119 e. The monoisotopic (exact) mass is 162 g/mol. The van der Waals surface area contributed by atoms with Crippen LogP contribution in [-0.4, -0.2) is 0 Å². The second kappa shape index (κ2) is 8.22. The van der Waals surface area contributed by atoms with Crippen LogP contribution in [0.1, 0.15) is 46.0 Å². The normalized spacial score (nSPS) is 11.1. The minimum atomic E-state index is 0.191. The molecule has 0 aromatic rings. The van der Waals surface area contributed by atoms with E-state index in [2.05, 4.69) is 31.6 Å². The van der Waals surface area contributed by atoms with E-state index in [0.29, 0.717) is 0 Å². The first kappa shape index (κ1) is 11.1. The molecule has 0 amide bonds. The summed E-state index contributed by atoms with van der Waals surface area (Å²) >= 11 is 0. The van der Waals surface area contributed by atoms with Crippen LogP contribution in [0.15, 0.2) is 0 Å². The molecular weight excluding hydrogens is 144 g/mol. The van der Waals surface area contributed by atoms with Gasteiger partial charge in [0.05, 0.1) is 5.92 Å². The van der Waals surface area contributed by atoms with E-state index in [9.17, 15) is 0 Å². The zero-order chi connectivity index (χ0) is 9.23. The van der Waals surface area contributed by atoms with E-state index in [1.807, 2.05) is 0 Å². The quantitative estimate of drug-likeness (QED) is 0.557. The fraction of sp³-hybridized carbons (Fsp3) is 0.667. The highest BCUT2D eigenvalue weighted by Crippen LogP contribution is 2.05. The van der Waals surface area contributed by atoms with Crippen LogP contribution >= 0.6 is 0 Å². The molecule has 0 saturated heterocycles. The average molecular weight is 162 g/mol. The third-order valence-corrected chi connectivity index (χ3v) is 1.70. The topological polar surface area (TPSA) is 0 Å². The van der Waals surface area contributed by atoms with Crippen LogP contribution in [0.4, 0.5) is 0 Å². The summed E-state index contributed by atoms with van der Waals surface area (Å²) in [4.78, 5) is 0. The first-order chi connectivity index (χ1) is 5.85. The maximum absolute atomic E-state index is 5.34. The molecule has 0 nitrogen and oxygen atoms in total. The van der Waals surface area contributed by atoms with Gasteiger partial charge in [-0.1, -0.05) is 38.5 Å². The maximum Gasteiger partial charge on any atom is 0.0808 e. The van der Waals surface area contributed by atoms with Crippen molar-refractivity contribution in [1.29, 1.82) is 0 Å². The fourth-order valence-electron chi connectivity index (χ4n) is 0.926. The Labute approximate surface area is 76.8 Å². The van der Waals surface area contributed by atoms with Gasteiger partial charge in [-0.3, -0.25) is 0 Å². The van der Waals surface area contributed by atoms with Crippen molar-refractivity contribution in [2.24, 2.45) is 5.92 Å². The molecule has 0 aliphatic rings.